The van der Waals surface area contributed by atoms with Crippen molar-refractivity contribution in [1.29, 1.82) is 0 Å². The van der Waals surface area contributed by atoms with Crippen molar-refractivity contribution >= 4 is 15.9 Å². The van der Waals surface area contributed by atoms with Crippen molar-refractivity contribution in [2.45, 2.75) is 30.5 Å². The van der Waals surface area contributed by atoms with Crippen molar-refractivity contribution < 1.29 is 17.9 Å². The summed E-state index contributed by atoms with van der Waals surface area (Å²) in [5, 5.41) is 10.9. The van der Waals surface area contributed by atoms with Crippen LogP contribution in [-0.2, 0) is 26.1 Å². The van der Waals surface area contributed by atoms with E-state index in [4.69, 9.17) is 9.88 Å². The van der Waals surface area contributed by atoms with E-state index in [1.165, 1.54) is 12.1 Å². The van der Waals surface area contributed by atoms with Gasteiger partial charge in [-0.25, -0.2) is 13.6 Å². The highest BCUT2D eigenvalue weighted by atomic mass is 32.2. The molecule has 8 heteroatoms. The molecular formula is C13H19N3O4S. The molecule has 1 aromatic carbocycles. The van der Waals surface area contributed by atoms with Crippen LogP contribution in [0, 0.1) is 0 Å². The second-order valence-corrected chi connectivity index (χ2v) is 6.48. The number of primary sulfonamides is 1. The number of hydrogen-bond donors (Lipinski definition) is 3. The molecule has 1 aromatic rings. The monoisotopic (exact) mass is 313 g/mol. The Morgan fingerprint density at radius 2 is 2.29 bits per heavy atom. The predicted molar refractivity (Wildman–Crippen MR) is 76.9 cm³/mol. The quantitative estimate of drug-likeness (QED) is 0.682. The van der Waals surface area contributed by atoms with Gasteiger partial charge in [-0.1, -0.05) is 12.1 Å². The number of morpholine rings is 1. The lowest BCUT2D eigenvalue weighted by Gasteiger charge is -2.29. The largest absolute Gasteiger partial charge is 0.375 e. The first kappa shape index (κ1) is 15.9. The molecule has 2 rings (SSSR count). The molecule has 1 heterocycles. The first-order valence-corrected chi connectivity index (χ1v) is 8.17. The molecule has 0 bridgehead atoms. The zero-order chi connectivity index (χ0) is 15.5. The SMILES string of the molecule is C[C@H]1OCCN[C@@H]1C(=O)NCc1cccc(S(N)(=O)=O)c1. The van der Waals surface area contributed by atoms with E-state index >= 15 is 0 Å². The minimum atomic E-state index is -3.74. The summed E-state index contributed by atoms with van der Waals surface area (Å²) < 4.78 is 28.0. The van der Waals surface area contributed by atoms with Crippen LogP contribution in [-0.4, -0.2) is 39.6 Å². The zero-order valence-electron chi connectivity index (χ0n) is 11.7. The van der Waals surface area contributed by atoms with Gasteiger partial charge in [-0.15, -0.1) is 0 Å². The van der Waals surface area contributed by atoms with Crippen LogP contribution in [0.15, 0.2) is 29.2 Å². The summed E-state index contributed by atoms with van der Waals surface area (Å²) in [6.07, 6.45) is -0.200. The highest BCUT2D eigenvalue weighted by Crippen LogP contribution is 2.10. The zero-order valence-corrected chi connectivity index (χ0v) is 12.5. The fourth-order valence-corrected chi connectivity index (χ4v) is 2.74. The maximum absolute atomic E-state index is 12.1. The minimum Gasteiger partial charge on any atom is -0.375 e. The Kier molecular flexibility index (Phi) is 4.94. The fraction of sp³-hybridized carbons (Fsp3) is 0.462. The molecule has 1 saturated heterocycles. The Labute approximate surface area is 123 Å². The molecule has 0 spiro atoms. The van der Waals surface area contributed by atoms with Crippen molar-refractivity contribution in [2.75, 3.05) is 13.2 Å². The number of ether oxygens (including phenoxy) is 1. The normalized spacial score (nSPS) is 22.8. The van der Waals surface area contributed by atoms with Crippen molar-refractivity contribution in [3.05, 3.63) is 29.8 Å². The molecule has 0 saturated carbocycles. The lowest BCUT2D eigenvalue weighted by Crippen LogP contribution is -2.55. The van der Waals surface area contributed by atoms with Gasteiger partial charge in [-0.2, -0.15) is 0 Å². The number of nitrogens with one attached hydrogen (secondary N) is 2. The van der Waals surface area contributed by atoms with Crippen molar-refractivity contribution in [1.82, 2.24) is 10.6 Å². The van der Waals surface area contributed by atoms with Crippen LogP contribution in [0.1, 0.15) is 12.5 Å². The third kappa shape index (κ3) is 4.24. The third-order valence-electron chi connectivity index (χ3n) is 3.29. The number of amides is 1. The Bertz CT molecular complexity index is 618. The van der Waals surface area contributed by atoms with Crippen LogP contribution in [0.5, 0.6) is 0 Å². The molecule has 0 aliphatic carbocycles. The molecule has 1 aliphatic rings. The number of benzene rings is 1. The van der Waals surface area contributed by atoms with E-state index < -0.39 is 16.1 Å². The average Bonchev–Trinajstić information content (AvgIpc) is 2.45. The van der Waals surface area contributed by atoms with E-state index in [0.717, 1.165) is 0 Å². The number of sulfonamides is 1. The molecule has 1 fully saturated rings. The summed E-state index contributed by atoms with van der Waals surface area (Å²) in [4.78, 5) is 12.1. The van der Waals surface area contributed by atoms with Crippen molar-refractivity contribution in [3.63, 3.8) is 0 Å². The number of nitrogens with two attached hydrogens (primary N) is 1. The maximum Gasteiger partial charge on any atom is 0.240 e. The molecule has 116 valence electrons. The molecule has 1 amide bonds. The highest BCUT2D eigenvalue weighted by molar-refractivity contribution is 7.89. The first-order chi connectivity index (χ1) is 9.88. The van der Waals surface area contributed by atoms with E-state index in [0.29, 0.717) is 18.7 Å². The Balaban J connectivity index is 1.98. The molecule has 7 nitrogen and oxygen atoms in total. The van der Waals surface area contributed by atoms with E-state index in [-0.39, 0.29) is 23.5 Å². The molecule has 4 N–H and O–H groups in total. The number of rotatable bonds is 4. The van der Waals surface area contributed by atoms with Gasteiger partial charge in [0.05, 0.1) is 17.6 Å². The Morgan fingerprint density at radius 1 is 1.52 bits per heavy atom. The predicted octanol–water partition coefficient (Wildman–Crippen LogP) is -0.673. The molecule has 0 unspecified atom stereocenters. The summed E-state index contributed by atoms with van der Waals surface area (Å²) in [7, 11) is -3.74. The van der Waals surface area contributed by atoms with E-state index in [1.54, 1.807) is 12.1 Å². The lowest BCUT2D eigenvalue weighted by molar-refractivity contribution is -0.129. The second-order valence-electron chi connectivity index (χ2n) is 4.92. The third-order valence-corrected chi connectivity index (χ3v) is 4.20. The van der Waals surface area contributed by atoms with Gasteiger partial charge in [0.2, 0.25) is 15.9 Å². The Morgan fingerprint density at radius 3 is 2.95 bits per heavy atom. The van der Waals surface area contributed by atoms with E-state index in [2.05, 4.69) is 10.6 Å². The molecule has 2 atom stereocenters. The minimum absolute atomic E-state index is 0.0294. The van der Waals surface area contributed by atoms with Gasteiger partial charge in [-0.3, -0.25) is 4.79 Å². The van der Waals surface area contributed by atoms with Gasteiger partial charge in [0.15, 0.2) is 0 Å². The number of carbonyl (C=O) groups excluding carboxylic acids is 1. The van der Waals surface area contributed by atoms with Crippen LogP contribution in [0.3, 0.4) is 0 Å². The van der Waals surface area contributed by atoms with Crippen LogP contribution < -0.4 is 15.8 Å². The average molecular weight is 313 g/mol. The molecular weight excluding hydrogens is 294 g/mol. The first-order valence-electron chi connectivity index (χ1n) is 6.62. The molecule has 21 heavy (non-hydrogen) atoms. The fourth-order valence-electron chi connectivity index (χ4n) is 2.16. The molecule has 1 aliphatic heterocycles. The van der Waals surface area contributed by atoms with Gasteiger partial charge in [0.1, 0.15) is 6.04 Å². The maximum atomic E-state index is 12.1. The van der Waals surface area contributed by atoms with Gasteiger partial charge < -0.3 is 15.4 Å². The smallest absolute Gasteiger partial charge is 0.240 e. The second kappa shape index (κ2) is 6.52. The molecule has 0 radical (unpaired) electrons. The molecule has 0 aromatic heterocycles. The van der Waals surface area contributed by atoms with E-state index in [1.807, 2.05) is 6.92 Å². The standard InChI is InChI=1S/C13H19N3O4S/c1-9-12(15-5-6-20-9)13(17)16-8-10-3-2-4-11(7-10)21(14,18)19/h2-4,7,9,12,15H,5-6,8H2,1H3,(H,16,17)(H2,14,18,19)/t9-,12+/m1/s1. The van der Waals surface area contributed by atoms with Crippen molar-refractivity contribution in [3.8, 4) is 0 Å². The number of carbonyl (C=O) groups is 1. The van der Waals surface area contributed by atoms with Gasteiger partial charge in [0.25, 0.3) is 0 Å². The summed E-state index contributed by atoms with van der Waals surface area (Å²) in [6.45, 7) is 3.27. The number of hydrogen-bond acceptors (Lipinski definition) is 5. The summed E-state index contributed by atoms with van der Waals surface area (Å²) >= 11 is 0. The van der Waals surface area contributed by atoms with Crippen LogP contribution >= 0.6 is 0 Å². The van der Waals surface area contributed by atoms with Crippen LogP contribution in [0.25, 0.3) is 0 Å². The van der Waals surface area contributed by atoms with Crippen LogP contribution in [0.4, 0.5) is 0 Å². The summed E-state index contributed by atoms with van der Waals surface area (Å²) in [6, 6.07) is 5.78. The van der Waals surface area contributed by atoms with E-state index in [9.17, 15) is 13.2 Å². The van der Waals surface area contributed by atoms with Gasteiger partial charge in [-0.05, 0) is 24.6 Å². The topological polar surface area (TPSA) is 111 Å². The Hall–Kier alpha value is -1.48. The summed E-state index contributed by atoms with van der Waals surface area (Å²) in [5.74, 6) is -0.178. The highest BCUT2D eigenvalue weighted by Gasteiger charge is 2.27. The lowest BCUT2D eigenvalue weighted by atomic mass is 10.1. The summed E-state index contributed by atoms with van der Waals surface area (Å²) in [5.41, 5.74) is 0.666. The van der Waals surface area contributed by atoms with Crippen LogP contribution in [0.2, 0.25) is 0 Å². The van der Waals surface area contributed by atoms with Gasteiger partial charge in [0, 0.05) is 13.1 Å². The van der Waals surface area contributed by atoms with Gasteiger partial charge >= 0.3 is 0 Å². The van der Waals surface area contributed by atoms with Crippen molar-refractivity contribution in [2.24, 2.45) is 5.14 Å².